The minimum atomic E-state index is -0.959. The van der Waals surface area contributed by atoms with E-state index in [2.05, 4.69) is 0 Å². The number of rotatable bonds is 5. The Hall–Kier alpha value is -0.940. The van der Waals surface area contributed by atoms with Crippen LogP contribution in [0.4, 0.5) is 0 Å². The lowest BCUT2D eigenvalue weighted by atomic mass is 10.4. The molecule has 1 heterocycles. The number of hydrogen-bond acceptors (Lipinski definition) is 4. The third kappa shape index (κ3) is 3.52. The average molecular weight is 201 g/mol. The molecule has 0 aliphatic rings. The van der Waals surface area contributed by atoms with Crippen LogP contribution in [0.3, 0.4) is 0 Å². The summed E-state index contributed by atoms with van der Waals surface area (Å²) in [6, 6.07) is 1.07. The van der Waals surface area contributed by atoms with E-state index in [0.29, 0.717) is 5.75 Å². The number of carbonyl (C=O) groups is 1. The van der Waals surface area contributed by atoms with Gasteiger partial charge >= 0.3 is 5.97 Å². The predicted octanol–water partition coefficient (Wildman–Crippen LogP) is 0.925. The van der Waals surface area contributed by atoms with Crippen LogP contribution < -0.4 is 5.73 Å². The topological polar surface area (TPSA) is 76.5 Å². The Kier molecular flexibility index (Phi) is 3.85. The van der Waals surface area contributed by atoms with Crippen molar-refractivity contribution >= 4 is 17.7 Å². The molecule has 0 saturated heterocycles. The van der Waals surface area contributed by atoms with Gasteiger partial charge in [0.2, 0.25) is 0 Å². The average Bonchev–Trinajstić information content (AvgIpc) is 2.56. The Morgan fingerprint density at radius 3 is 3.08 bits per heavy atom. The Morgan fingerprint density at radius 1 is 1.77 bits per heavy atom. The SMILES string of the molecule is N[C@@H](CSCc1ccoc1)C(=O)O. The lowest BCUT2D eigenvalue weighted by molar-refractivity contribution is -0.137. The molecule has 5 heteroatoms. The minimum Gasteiger partial charge on any atom is -0.480 e. The number of carboxylic acids is 1. The molecule has 72 valence electrons. The van der Waals surface area contributed by atoms with E-state index in [9.17, 15) is 4.79 Å². The van der Waals surface area contributed by atoms with Crippen LogP contribution in [-0.2, 0) is 10.5 Å². The van der Waals surface area contributed by atoms with Crippen molar-refractivity contribution in [3.05, 3.63) is 24.2 Å². The van der Waals surface area contributed by atoms with Gasteiger partial charge in [-0.3, -0.25) is 4.79 Å². The smallest absolute Gasteiger partial charge is 0.321 e. The Labute approximate surface area is 80.1 Å². The maximum absolute atomic E-state index is 10.3. The molecule has 0 radical (unpaired) electrons. The van der Waals surface area contributed by atoms with Gasteiger partial charge in [-0.25, -0.2) is 0 Å². The Bertz CT molecular complexity index is 260. The summed E-state index contributed by atoms with van der Waals surface area (Å²) >= 11 is 1.48. The molecule has 0 amide bonds. The molecule has 0 fully saturated rings. The van der Waals surface area contributed by atoms with E-state index >= 15 is 0 Å². The molecule has 1 aromatic rings. The second-order valence-corrected chi connectivity index (χ2v) is 3.62. The highest BCUT2D eigenvalue weighted by atomic mass is 32.2. The van der Waals surface area contributed by atoms with Crippen LogP contribution in [0.2, 0.25) is 0 Å². The number of thioether (sulfide) groups is 1. The normalized spacial score (nSPS) is 12.7. The number of aliphatic carboxylic acids is 1. The number of hydrogen-bond donors (Lipinski definition) is 2. The summed E-state index contributed by atoms with van der Waals surface area (Å²) in [6.45, 7) is 0. The minimum absolute atomic E-state index is 0.417. The molecule has 0 aliphatic carbocycles. The zero-order chi connectivity index (χ0) is 9.68. The number of furan rings is 1. The first-order valence-corrected chi connectivity index (χ1v) is 4.93. The van der Waals surface area contributed by atoms with Crippen molar-refractivity contribution in [2.75, 3.05) is 5.75 Å². The van der Waals surface area contributed by atoms with E-state index in [1.54, 1.807) is 12.5 Å². The molecule has 0 aromatic carbocycles. The van der Waals surface area contributed by atoms with Gasteiger partial charge in [-0.1, -0.05) is 0 Å². The fourth-order valence-electron chi connectivity index (χ4n) is 0.750. The summed E-state index contributed by atoms with van der Waals surface area (Å²) in [5.41, 5.74) is 6.36. The lowest BCUT2D eigenvalue weighted by Crippen LogP contribution is -2.32. The highest BCUT2D eigenvalue weighted by Crippen LogP contribution is 2.12. The van der Waals surface area contributed by atoms with Crippen LogP contribution in [-0.4, -0.2) is 22.9 Å². The van der Waals surface area contributed by atoms with E-state index in [4.69, 9.17) is 15.3 Å². The monoisotopic (exact) mass is 201 g/mol. The summed E-state index contributed by atoms with van der Waals surface area (Å²) in [5.74, 6) is 0.192. The van der Waals surface area contributed by atoms with Crippen LogP contribution in [0.15, 0.2) is 23.0 Å². The molecule has 0 saturated carbocycles. The third-order valence-electron chi connectivity index (χ3n) is 1.46. The highest BCUT2D eigenvalue weighted by molar-refractivity contribution is 7.98. The first-order chi connectivity index (χ1) is 6.20. The highest BCUT2D eigenvalue weighted by Gasteiger charge is 2.10. The molecular weight excluding hydrogens is 190 g/mol. The summed E-state index contributed by atoms with van der Waals surface area (Å²) in [4.78, 5) is 10.3. The molecule has 0 unspecified atom stereocenters. The molecule has 0 spiro atoms. The molecule has 13 heavy (non-hydrogen) atoms. The standard InChI is InChI=1S/C8H11NO3S/c9-7(8(10)11)5-13-4-6-1-2-12-3-6/h1-3,7H,4-5,9H2,(H,10,11)/t7-/m0/s1. The maximum Gasteiger partial charge on any atom is 0.321 e. The number of nitrogens with two attached hydrogens (primary N) is 1. The van der Waals surface area contributed by atoms with Crippen molar-refractivity contribution in [2.45, 2.75) is 11.8 Å². The van der Waals surface area contributed by atoms with Gasteiger partial charge in [-0.15, -0.1) is 0 Å². The quantitative estimate of drug-likeness (QED) is 0.741. The molecule has 0 aliphatic heterocycles. The third-order valence-corrected chi connectivity index (χ3v) is 2.60. The van der Waals surface area contributed by atoms with Crippen LogP contribution in [0.1, 0.15) is 5.56 Å². The van der Waals surface area contributed by atoms with Crippen LogP contribution in [0.25, 0.3) is 0 Å². The first kappa shape index (κ1) is 10.1. The van der Waals surface area contributed by atoms with Gasteiger partial charge in [0.15, 0.2) is 0 Å². The van der Waals surface area contributed by atoms with E-state index in [-0.39, 0.29) is 0 Å². The van der Waals surface area contributed by atoms with Crippen molar-refractivity contribution < 1.29 is 14.3 Å². The maximum atomic E-state index is 10.3. The van der Waals surface area contributed by atoms with Crippen molar-refractivity contribution in [3.8, 4) is 0 Å². The largest absolute Gasteiger partial charge is 0.480 e. The number of carboxylic acid groups (broad SMARTS) is 1. The molecule has 1 aromatic heterocycles. The van der Waals surface area contributed by atoms with Gasteiger partial charge in [0.25, 0.3) is 0 Å². The Morgan fingerprint density at radius 2 is 2.54 bits per heavy atom. The Balaban J connectivity index is 2.18. The second-order valence-electron chi connectivity index (χ2n) is 2.59. The first-order valence-electron chi connectivity index (χ1n) is 3.77. The van der Waals surface area contributed by atoms with Crippen molar-refractivity contribution in [1.82, 2.24) is 0 Å². The van der Waals surface area contributed by atoms with E-state index in [1.165, 1.54) is 11.8 Å². The zero-order valence-electron chi connectivity index (χ0n) is 6.97. The summed E-state index contributed by atoms with van der Waals surface area (Å²) in [5, 5.41) is 8.48. The van der Waals surface area contributed by atoms with Gasteiger partial charge in [-0.05, 0) is 6.07 Å². The fourth-order valence-corrected chi connectivity index (χ4v) is 1.66. The van der Waals surface area contributed by atoms with Crippen molar-refractivity contribution in [2.24, 2.45) is 5.73 Å². The van der Waals surface area contributed by atoms with E-state index < -0.39 is 12.0 Å². The van der Waals surface area contributed by atoms with E-state index in [0.717, 1.165) is 11.3 Å². The fraction of sp³-hybridized carbons (Fsp3) is 0.375. The lowest BCUT2D eigenvalue weighted by Gasteiger charge is -2.03. The van der Waals surface area contributed by atoms with Gasteiger partial charge in [-0.2, -0.15) is 11.8 Å². The molecular formula is C8H11NO3S. The van der Waals surface area contributed by atoms with Crippen molar-refractivity contribution in [3.63, 3.8) is 0 Å². The summed E-state index contributed by atoms with van der Waals surface area (Å²) in [7, 11) is 0. The van der Waals surface area contributed by atoms with Crippen LogP contribution in [0, 0.1) is 0 Å². The molecule has 4 nitrogen and oxygen atoms in total. The zero-order valence-corrected chi connectivity index (χ0v) is 7.79. The van der Waals surface area contributed by atoms with Crippen molar-refractivity contribution in [1.29, 1.82) is 0 Å². The van der Waals surface area contributed by atoms with Crippen LogP contribution in [0.5, 0.6) is 0 Å². The van der Waals surface area contributed by atoms with Gasteiger partial charge in [0, 0.05) is 17.1 Å². The van der Waals surface area contributed by atoms with Gasteiger partial charge < -0.3 is 15.3 Å². The predicted molar refractivity (Wildman–Crippen MR) is 50.5 cm³/mol. The van der Waals surface area contributed by atoms with E-state index in [1.807, 2.05) is 6.07 Å². The second kappa shape index (κ2) is 4.94. The van der Waals surface area contributed by atoms with Crippen LogP contribution >= 0.6 is 11.8 Å². The molecule has 1 rings (SSSR count). The summed E-state index contributed by atoms with van der Waals surface area (Å²) < 4.78 is 4.86. The molecule has 3 N–H and O–H groups in total. The summed E-state index contributed by atoms with van der Waals surface area (Å²) in [6.07, 6.45) is 3.23. The van der Waals surface area contributed by atoms with Gasteiger partial charge in [0.05, 0.1) is 12.5 Å². The van der Waals surface area contributed by atoms with Gasteiger partial charge in [0.1, 0.15) is 6.04 Å². The molecule has 1 atom stereocenters. The molecule has 0 bridgehead atoms.